The molecule has 202 valence electrons. The third-order valence-corrected chi connectivity index (χ3v) is 9.83. The highest BCUT2D eigenvalue weighted by Gasteiger charge is 2.48. The van der Waals surface area contributed by atoms with Crippen molar-refractivity contribution < 1.29 is 22.7 Å². The van der Waals surface area contributed by atoms with Gasteiger partial charge in [-0.25, -0.2) is 15.0 Å². The molecule has 2 aromatic rings. The van der Waals surface area contributed by atoms with Gasteiger partial charge in [0.05, 0.1) is 5.69 Å². The van der Waals surface area contributed by atoms with Crippen LogP contribution in [0.3, 0.4) is 0 Å². The van der Waals surface area contributed by atoms with Crippen molar-refractivity contribution in [3.63, 3.8) is 0 Å². The number of Topliss-reactive ketones (excluding diaryl/α,β-unsaturated/α-hetero) is 1. The molecule has 0 radical (unpaired) electrons. The van der Waals surface area contributed by atoms with Gasteiger partial charge >= 0.3 is 6.18 Å². The van der Waals surface area contributed by atoms with E-state index in [4.69, 9.17) is 4.74 Å². The van der Waals surface area contributed by atoms with Crippen LogP contribution in [0.2, 0.25) is 0 Å². The maximum Gasteiger partial charge on any atom is 0.422 e. The fraction of sp³-hybridized carbons (Fsp3) is 0.704. The number of aryl methyl sites for hydroxylation is 1. The van der Waals surface area contributed by atoms with E-state index in [1.807, 2.05) is 6.92 Å². The zero-order valence-electron chi connectivity index (χ0n) is 21.4. The Kier molecular flexibility index (Phi) is 7.60. The summed E-state index contributed by atoms with van der Waals surface area (Å²) in [4.78, 5) is 29.1. The molecule has 37 heavy (non-hydrogen) atoms. The second kappa shape index (κ2) is 10.6. The SMILES string of the molecule is Cc1ncc(CC(=O)CC23CCC(CCN4CCc5nc(OCC(F)(F)F)sc5CC4)(CC2)CC3)cn1. The van der Waals surface area contributed by atoms with Crippen molar-refractivity contribution in [3.05, 3.63) is 34.4 Å². The summed E-state index contributed by atoms with van der Waals surface area (Å²) in [6, 6.07) is 0. The summed E-state index contributed by atoms with van der Waals surface area (Å²) in [5.74, 6) is 1.03. The van der Waals surface area contributed by atoms with Gasteiger partial charge in [-0.05, 0) is 81.2 Å². The van der Waals surface area contributed by atoms with Crippen LogP contribution in [-0.4, -0.2) is 58.1 Å². The van der Waals surface area contributed by atoms with Gasteiger partial charge < -0.3 is 9.64 Å². The minimum atomic E-state index is -4.34. The molecule has 0 saturated heterocycles. The lowest BCUT2D eigenvalue weighted by Gasteiger charge is -2.54. The molecule has 2 bridgehead atoms. The summed E-state index contributed by atoms with van der Waals surface area (Å²) in [5, 5.41) is 0.133. The number of carbonyl (C=O) groups is 1. The largest absolute Gasteiger partial charge is 0.460 e. The first-order valence-electron chi connectivity index (χ1n) is 13.3. The van der Waals surface area contributed by atoms with Gasteiger partial charge in [-0.3, -0.25) is 4.79 Å². The molecule has 3 aliphatic carbocycles. The number of aromatic nitrogens is 3. The fourth-order valence-corrected chi connectivity index (χ4v) is 7.35. The molecule has 3 saturated carbocycles. The van der Waals surface area contributed by atoms with Crippen LogP contribution in [0.25, 0.3) is 0 Å². The first-order valence-corrected chi connectivity index (χ1v) is 14.1. The Morgan fingerprint density at radius 2 is 1.70 bits per heavy atom. The molecule has 0 N–H and O–H groups in total. The standard InChI is InChI=1S/C27H35F3N4O2S/c1-19-31-16-20(17-32-19)14-21(35)15-26-7-4-25(5-8-26,6-9-26)10-13-34-11-2-22-23(3-12-34)37-24(33-22)36-18-27(28,29)30/h16-17H,2-15,18H2,1H3. The molecule has 0 spiro atoms. The van der Waals surface area contributed by atoms with Crippen molar-refractivity contribution in [1.82, 2.24) is 19.9 Å². The van der Waals surface area contributed by atoms with E-state index in [0.29, 0.717) is 24.0 Å². The van der Waals surface area contributed by atoms with Crippen LogP contribution >= 0.6 is 11.3 Å². The Morgan fingerprint density at radius 3 is 2.38 bits per heavy atom. The zero-order valence-corrected chi connectivity index (χ0v) is 22.2. The van der Waals surface area contributed by atoms with Gasteiger partial charge in [-0.15, -0.1) is 0 Å². The zero-order chi connectivity index (χ0) is 26.1. The molecular formula is C27H35F3N4O2S. The van der Waals surface area contributed by atoms with Gasteiger partial charge in [0.1, 0.15) is 11.6 Å². The fourth-order valence-electron chi connectivity index (χ4n) is 6.41. The summed E-state index contributed by atoms with van der Waals surface area (Å²) in [5.41, 5.74) is 2.37. The number of rotatable bonds is 9. The summed E-state index contributed by atoms with van der Waals surface area (Å²) in [6.07, 6.45) is 10.1. The summed E-state index contributed by atoms with van der Waals surface area (Å²) in [6.45, 7) is 3.40. The van der Waals surface area contributed by atoms with E-state index in [2.05, 4.69) is 19.9 Å². The second-order valence-corrected chi connectivity index (χ2v) is 12.4. The van der Waals surface area contributed by atoms with Crippen LogP contribution < -0.4 is 4.74 Å². The maximum absolute atomic E-state index is 12.8. The number of alkyl halides is 3. The molecular weight excluding hydrogens is 501 g/mol. The Morgan fingerprint density at radius 1 is 1.05 bits per heavy atom. The highest BCUT2D eigenvalue weighted by molar-refractivity contribution is 7.13. The molecule has 2 aromatic heterocycles. The summed E-state index contributed by atoms with van der Waals surface area (Å²) in [7, 11) is 0. The number of ether oxygens (including phenoxy) is 1. The van der Waals surface area contributed by atoms with Gasteiger partial charge in [-0.2, -0.15) is 13.2 Å². The number of thiazole rings is 1. The average Bonchev–Trinajstić information content (AvgIpc) is 3.16. The van der Waals surface area contributed by atoms with Gasteiger partial charge in [0.15, 0.2) is 6.61 Å². The Bertz CT molecular complexity index is 1050. The van der Waals surface area contributed by atoms with E-state index < -0.39 is 12.8 Å². The van der Waals surface area contributed by atoms with Crippen LogP contribution in [0.4, 0.5) is 13.2 Å². The number of carbonyl (C=O) groups excluding carboxylic acids is 1. The average molecular weight is 537 g/mol. The third-order valence-electron chi connectivity index (χ3n) is 8.76. The van der Waals surface area contributed by atoms with Gasteiger partial charge in [0, 0.05) is 49.6 Å². The normalized spacial score (nSPS) is 26.1. The van der Waals surface area contributed by atoms with Crippen molar-refractivity contribution in [2.24, 2.45) is 10.8 Å². The lowest BCUT2D eigenvalue weighted by Crippen LogP contribution is -2.44. The van der Waals surface area contributed by atoms with E-state index in [1.165, 1.54) is 37.0 Å². The minimum absolute atomic E-state index is 0.133. The quantitative estimate of drug-likeness (QED) is 0.421. The van der Waals surface area contributed by atoms with Crippen molar-refractivity contribution in [1.29, 1.82) is 0 Å². The highest BCUT2D eigenvalue weighted by atomic mass is 32.1. The van der Waals surface area contributed by atoms with Crippen LogP contribution in [0.15, 0.2) is 12.4 Å². The number of nitrogens with zero attached hydrogens (tertiary/aromatic N) is 4. The molecule has 1 aliphatic heterocycles. The third kappa shape index (κ3) is 6.69. The van der Waals surface area contributed by atoms with Crippen molar-refractivity contribution in [3.8, 4) is 5.19 Å². The number of hydrogen-bond donors (Lipinski definition) is 0. The van der Waals surface area contributed by atoms with E-state index >= 15 is 0 Å². The summed E-state index contributed by atoms with van der Waals surface area (Å²) >= 11 is 1.26. The molecule has 3 fully saturated rings. The first kappa shape index (κ1) is 26.5. The molecule has 0 amide bonds. The number of hydrogen-bond acceptors (Lipinski definition) is 7. The van der Waals surface area contributed by atoms with Gasteiger partial charge in [-0.1, -0.05) is 11.3 Å². The van der Waals surface area contributed by atoms with E-state index in [0.717, 1.165) is 73.7 Å². The van der Waals surface area contributed by atoms with Crippen molar-refractivity contribution >= 4 is 17.1 Å². The van der Waals surface area contributed by atoms with Crippen LogP contribution in [0.1, 0.15) is 73.3 Å². The second-order valence-electron chi connectivity index (χ2n) is 11.4. The topological polar surface area (TPSA) is 68.2 Å². The molecule has 10 heteroatoms. The Labute approximate surface area is 220 Å². The number of halogens is 3. The Hall–Kier alpha value is -2.07. The number of fused-ring (bicyclic) bond motifs is 4. The molecule has 0 atom stereocenters. The van der Waals surface area contributed by atoms with Gasteiger partial charge in [0.25, 0.3) is 5.19 Å². The number of ketones is 1. The lowest BCUT2D eigenvalue weighted by molar-refractivity contribution is -0.153. The highest BCUT2D eigenvalue weighted by Crippen LogP contribution is 2.59. The first-order chi connectivity index (χ1) is 17.6. The predicted molar refractivity (Wildman–Crippen MR) is 135 cm³/mol. The predicted octanol–water partition coefficient (Wildman–Crippen LogP) is 5.52. The molecule has 6 rings (SSSR count). The van der Waals surface area contributed by atoms with E-state index in [-0.39, 0.29) is 10.6 Å². The van der Waals surface area contributed by atoms with Crippen LogP contribution in [0, 0.1) is 17.8 Å². The molecule has 4 aliphatic rings. The Balaban J connectivity index is 1.07. The summed E-state index contributed by atoms with van der Waals surface area (Å²) < 4.78 is 42.2. The van der Waals surface area contributed by atoms with Crippen LogP contribution in [0.5, 0.6) is 5.19 Å². The van der Waals surface area contributed by atoms with E-state index in [9.17, 15) is 18.0 Å². The van der Waals surface area contributed by atoms with Crippen molar-refractivity contribution in [2.45, 2.75) is 83.7 Å². The minimum Gasteiger partial charge on any atom is -0.460 e. The molecule has 6 nitrogen and oxygen atoms in total. The molecule has 0 aromatic carbocycles. The maximum atomic E-state index is 12.8. The van der Waals surface area contributed by atoms with E-state index in [1.54, 1.807) is 12.4 Å². The van der Waals surface area contributed by atoms with Crippen molar-refractivity contribution in [2.75, 3.05) is 26.2 Å². The van der Waals surface area contributed by atoms with Gasteiger partial charge in [0.2, 0.25) is 0 Å². The van der Waals surface area contributed by atoms with Crippen LogP contribution in [-0.2, 0) is 24.1 Å². The molecule has 3 heterocycles. The molecule has 0 unspecified atom stereocenters. The lowest BCUT2D eigenvalue weighted by atomic mass is 9.51. The smallest absolute Gasteiger partial charge is 0.422 e. The monoisotopic (exact) mass is 536 g/mol.